The van der Waals surface area contributed by atoms with Crippen molar-refractivity contribution in [3.63, 3.8) is 0 Å². The van der Waals surface area contributed by atoms with E-state index in [1.807, 2.05) is 11.4 Å². The topological polar surface area (TPSA) is 90.2 Å². The molecule has 4 rings (SSSR count). The smallest absolute Gasteiger partial charge is 0.338 e. The van der Waals surface area contributed by atoms with E-state index in [1.54, 1.807) is 40.5 Å². The van der Waals surface area contributed by atoms with Crippen LogP contribution in [0.1, 0.15) is 20.8 Å². The molecular formula is C17H15N5O3S. The lowest BCUT2D eigenvalue weighted by Crippen LogP contribution is -2.38. The number of hydrogen-bond donors (Lipinski definition) is 0. The number of benzene rings is 1. The molecule has 0 saturated carbocycles. The van der Waals surface area contributed by atoms with Gasteiger partial charge in [0.25, 0.3) is 5.91 Å². The van der Waals surface area contributed by atoms with Gasteiger partial charge in [0.15, 0.2) is 6.61 Å². The Morgan fingerprint density at radius 3 is 2.81 bits per heavy atom. The molecule has 132 valence electrons. The Balaban J connectivity index is 1.33. The number of rotatable bonds is 4. The average Bonchev–Trinajstić information content (AvgIpc) is 3.37. The molecule has 26 heavy (non-hydrogen) atoms. The molecule has 1 amide bonds. The average molecular weight is 369 g/mol. The van der Waals surface area contributed by atoms with E-state index in [-0.39, 0.29) is 12.5 Å². The summed E-state index contributed by atoms with van der Waals surface area (Å²) in [5.74, 6) is -0.713. The Hall–Kier alpha value is -3.07. The van der Waals surface area contributed by atoms with Gasteiger partial charge in [-0.2, -0.15) is 0 Å². The quantitative estimate of drug-likeness (QED) is 0.647. The maximum absolute atomic E-state index is 12.3. The molecule has 0 saturated heterocycles. The van der Waals surface area contributed by atoms with Crippen LogP contribution in [0.5, 0.6) is 0 Å². The number of carbonyl (C=O) groups excluding carboxylic acids is 2. The lowest BCUT2D eigenvalue weighted by Gasteiger charge is -2.26. The summed E-state index contributed by atoms with van der Waals surface area (Å²) in [7, 11) is 0. The number of amides is 1. The fourth-order valence-electron chi connectivity index (χ4n) is 2.79. The monoisotopic (exact) mass is 369 g/mol. The van der Waals surface area contributed by atoms with Crippen LogP contribution in [0.4, 0.5) is 0 Å². The summed E-state index contributed by atoms with van der Waals surface area (Å²) >= 11 is 1.72. The minimum Gasteiger partial charge on any atom is -0.452 e. The Morgan fingerprint density at radius 1 is 1.19 bits per heavy atom. The second-order valence-corrected chi connectivity index (χ2v) is 6.81. The molecule has 0 radical (unpaired) electrons. The molecule has 1 aliphatic heterocycles. The molecule has 1 aliphatic rings. The summed E-state index contributed by atoms with van der Waals surface area (Å²) in [6.07, 6.45) is 2.31. The first-order valence-corrected chi connectivity index (χ1v) is 8.92. The first kappa shape index (κ1) is 16.4. The van der Waals surface area contributed by atoms with Gasteiger partial charge in [-0.1, -0.05) is 0 Å². The van der Waals surface area contributed by atoms with E-state index >= 15 is 0 Å². The third-order valence-corrected chi connectivity index (χ3v) is 5.23. The Labute approximate surface area is 153 Å². The Kier molecular flexibility index (Phi) is 4.44. The molecule has 2 aromatic heterocycles. The van der Waals surface area contributed by atoms with Crippen molar-refractivity contribution in [1.82, 2.24) is 25.1 Å². The van der Waals surface area contributed by atoms with E-state index in [9.17, 15) is 9.59 Å². The van der Waals surface area contributed by atoms with Crippen molar-refractivity contribution in [2.75, 3.05) is 13.2 Å². The van der Waals surface area contributed by atoms with E-state index in [4.69, 9.17) is 4.74 Å². The van der Waals surface area contributed by atoms with Crippen molar-refractivity contribution in [1.29, 1.82) is 0 Å². The third-order valence-electron chi connectivity index (χ3n) is 4.20. The van der Waals surface area contributed by atoms with Crippen LogP contribution in [0.25, 0.3) is 5.69 Å². The van der Waals surface area contributed by atoms with Crippen LogP contribution in [0.2, 0.25) is 0 Å². The van der Waals surface area contributed by atoms with Crippen molar-refractivity contribution in [3.05, 3.63) is 58.0 Å². The maximum Gasteiger partial charge on any atom is 0.338 e. The highest BCUT2D eigenvalue weighted by Crippen LogP contribution is 2.24. The number of thiophene rings is 1. The van der Waals surface area contributed by atoms with Crippen molar-refractivity contribution in [3.8, 4) is 5.69 Å². The zero-order valence-corrected chi connectivity index (χ0v) is 14.6. The van der Waals surface area contributed by atoms with Crippen molar-refractivity contribution in [2.24, 2.45) is 0 Å². The summed E-state index contributed by atoms with van der Waals surface area (Å²) in [6.45, 7) is 0.980. The summed E-state index contributed by atoms with van der Waals surface area (Å²) in [4.78, 5) is 27.5. The van der Waals surface area contributed by atoms with Crippen LogP contribution in [0.3, 0.4) is 0 Å². The van der Waals surface area contributed by atoms with Gasteiger partial charge in [-0.25, -0.2) is 9.48 Å². The first-order chi connectivity index (χ1) is 12.7. The summed E-state index contributed by atoms with van der Waals surface area (Å²) < 4.78 is 6.65. The van der Waals surface area contributed by atoms with Gasteiger partial charge in [-0.05, 0) is 58.1 Å². The normalized spacial score (nSPS) is 13.3. The van der Waals surface area contributed by atoms with Crippen LogP contribution in [-0.2, 0) is 22.5 Å². The maximum atomic E-state index is 12.3. The molecule has 0 fully saturated rings. The summed E-state index contributed by atoms with van der Waals surface area (Å²) in [5, 5.41) is 12.9. The molecule has 8 nitrogen and oxygen atoms in total. The number of esters is 1. The van der Waals surface area contributed by atoms with Crippen LogP contribution in [-0.4, -0.2) is 50.1 Å². The Bertz CT molecular complexity index is 920. The van der Waals surface area contributed by atoms with Crippen LogP contribution in [0, 0.1) is 0 Å². The zero-order chi connectivity index (χ0) is 17.9. The summed E-state index contributed by atoms with van der Waals surface area (Å²) in [6, 6.07) is 8.68. The van der Waals surface area contributed by atoms with Crippen LogP contribution >= 0.6 is 11.3 Å². The molecule has 0 spiro atoms. The highest BCUT2D eigenvalue weighted by atomic mass is 32.1. The standard InChI is InChI=1S/C17H15N5O3S/c23-16(21-7-5-15-13(9-21)6-8-26-15)10-25-17(24)12-1-3-14(4-2-12)22-11-18-19-20-22/h1-4,6,8,11H,5,7,9-10H2. The second-order valence-electron chi connectivity index (χ2n) is 5.81. The van der Waals surface area contributed by atoms with Crippen LogP contribution in [0.15, 0.2) is 42.0 Å². The molecule has 0 aliphatic carbocycles. The molecule has 0 bridgehead atoms. The van der Waals surface area contributed by atoms with Crippen LogP contribution < -0.4 is 0 Å². The van der Waals surface area contributed by atoms with E-state index in [2.05, 4.69) is 15.5 Å². The molecular weight excluding hydrogens is 354 g/mol. The number of hydrogen-bond acceptors (Lipinski definition) is 7. The third kappa shape index (κ3) is 3.33. The van der Waals surface area contributed by atoms with Gasteiger partial charge in [0.2, 0.25) is 0 Å². The van der Waals surface area contributed by atoms with E-state index in [0.717, 1.165) is 12.1 Å². The molecule has 0 unspecified atom stereocenters. The molecule has 3 heterocycles. The number of carbonyl (C=O) groups is 2. The minimum absolute atomic E-state index is 0.180. The SMILES string of the molecule is O=C(OCC(=O)N1CCc2sccc2C1)c1ccc(-n2cnnn2)cc1. The highest BCUT2D eigenvalue weighted by molar-refractivity contribution is 7.10. The number of ether oxygens (including phenoxy) is 1. The van der Waals surface area contributed by atoms with Gasteiger partial charge in [0, 0.05) is 18.0 Å². The predicted molar refractivity (Wildman–Crippen MR) is 92.9 cm³/mol. The predicted octanol–water partition coefficient (Wildman–Crippen LogP) is 1.47. The van der Waals surface area contributed by atoms with Gasteiger partial charge in [-0.15, -0.1) is 16.4 Å². The minimum atomic E-state index is -0.533. The fourth-order valence-corrected chi connectivity index (χ4v) is 3.68. The molecule has 0 atom stereocenters. The van der Waals surface area contributed by atoms with Gasteiger partial charge in [0.05, 0.1) is 11.3 Å². The number of aromatic nitrogens is 4. The number of fused-ring (bicyclic) bond motifs is 1. The fraction of sp³-hybridized carbons (Fsp3) is 0.235. The van der Waals surface area contributed by atoms with E-state index in [0.29, 0.717) is 18.7 Å². The van der Waals surface area contributed by atoms with E-state index < -0.39 is 5.97 Å². The van der Waals surface area contributed by atoms with Crippen molar-refractivity contribution < 1.29 is 14.3 Å². The number of tetrazole rings is 1. The second kappa shape index (κ2) is 7.04. The van der Waals surface area contributed by atoms with Crippen molar-refractivity contribution >= 4 is 23.2 Å². The Morgan fingerprint density at radius 2 is 2.04 bits per heavy atom. The zero-order valence-electron chi connectivity index (χ0n) is 13.7. The van der Waals surface area contributed by atoms with Gasteiger partial charge < -0.3 is 9.64 Å². The molecule has 0 N–H and O–H groups in total. The molecule has 1 aromatic carbocycles. The van der Waals surface area contributed by atoms with Crippen molar-refractivity contribution in [2.45, 2.75) is 13.0 Å². The van der Waals surface area contributed by atoms with Gasteiger partial charge in [-0.3, -0.25) is 4.79 Å². The molecule has 3 aromatic rings. The highest BCUT2D eigenvalue weighted by Gasteiger charge is 2.22. The van der Waals surface area contributed by atoms with E-state index in [1.165, 1.54) is 21.4 Å². The largest absolute Gasteiger partial charge is 0.452 e. The molecule has 9 heteroatoms. The van der Waals surface area contributed by atoms with Gasteiger partial charge >= 0.3 is 5.97 Å². The first-order valence-electron chi connectivity index (χ1n) is 8.04. The summed E-state index contributed by atoms with van der Waals surface area (Å²) in [5.41, 5.74) is 2.27. The van der Waals surface area contributed by atoms with Gasteiger partial charge in [0.1, 0.15) is 6.33 Å². The number of nitrogens with zero attached hydrogens (tertiary/aromatic N) is 5. The lowest BCUT2D eigenvalue weighted by molar-refractivity contribution is -0.135. The lowest BCUT2D eigenvalue weighted by atomic mass is 10.1.